The molecule has 0 atom stereocenters. The number of benzene rings is 2. The molecule has 98 valence electrons. The molecule has 0 fully saturated rings. The third-order valence-electron chi connectivity index (χ3n) is 2.46. The second-order valence-electron chi connectivity index (χ2n) is 3.75. The van der Waals surface area contributed by atoms with Crippen LogP contribution in [0.2, 0.25) is 0 Å². The summed E-state index contributed by atoms with van der Waals surface area (Å²) < 4.78 is 19.2. The van der Waals surface area contributed by atoms with Crippen LogP contribution < -0.4 is 4.74 Å². The number of nitro groups is 1. The lowest BCUT2D eigenvalue weighted by molar-refractivity contribution is -0.386. The van der Waals surface area contributed by atoms with Gasteiger partial charge in [-0.25, -0.2) is 4.39 Å². The Morgan fingerprint density at radius 1 is 1.26 bits per heavy atom. The van der Waals surface area contributed by atoms with Crippen molar-refractivity contribution in [2.45, 2.75) is 6.61 Å². The minimum absolute atomic E-state index is 0.0437. The molecule has 0 N–H and O–H groups in total. The van der Waals surface area contributed by atoms with E-state index < -0.39 is 10.7 Å². The van der Waals surface area contributed by atoms with Crippen molar-refractivity contribution in [2.24, 2.45) is 0 Å². The van der Waals surface area contributed by atoms with Crippen molar-refractivity contribution in [3.63, 3.8) is 0 Å². The number of rotatable bonds is 4. The van der Waals surface area contributed by atoms with E-state index in [1.54, 1.807) is 0 Å². The van der Waals surface area contributed by atoms with Crippen LogP contribution in [0.3, 0.4) is 0 Å². The molecule has 4 nitrogen and oxygen atoms in total. The second kappa shape index (κ2) is 5.79. The Morgan fingerprint density at radius 2 is 2.00 bits per heavy atom. The first-order chi connectivity index (χ1) is 9.08. The van der Waals surface area contributed by atoms with Crippen LogP contribution in [0, 0.1) is 15.9 Å². The third kappa shape index (κ3) is 3.29. The third-order valence-corrected chi connectivity index (χ3v) is 3.23. The lowest BCUT2D eigenvalue weighted by Gasteiger charge is -2.08. The SMILES string of the molecule is O=[N+]([O-])c1cc(F)ccc1OCc1ccccc1Br. The molecule has 0 unspecified atom stereocenters. The van der Waals surface area contributed by atoms with E-state index in [1.165, 1.54) is 6.07 Å². The smallest absolute Gasteiger partial charge is 0.313 e. The Bertz CT molecular complexity index is 619. The van der Waals surface area contributed by atoms with Crippen molar-refractivity contribution < 1.29 is 14.1 Å². The number of halogens is 2. The highest BCUT2D eigenvalue weighted by atomic mass is 79.9. The predicted molar refractivity (Wildman–Crippen MR) is 71.5 cm³/mol. The topological polar surface area (TPSA) is 52.4 Å². The first-order valence-corrected chi connectivity index (χ1v) is 6.17. The largest absolute Gasteiger partial charge is 0.482 e. The molecule has 0 aliphatic rings. The van der Waals surface area contributed by atoms with Crippen LogP contribution >= 0.6 is 15.9 Å². The summed E-state index contributed by atoms with van der Waals surface area (Å²) in [5.74, 6) is -0.623. The van der Waals surface area contributed by atoms with Crippen molar-refractivity contribution >= 4 is 21.6 Å². The zero-order chi connectivity index (χ0) is 13.8. The Morgan fingerprint density at radius 3 is 2.68 bits per heavy atom. The predicted octanol–water partition coefficient (Wildman–Crippen LogP) is 4.08. The zero-order valence-electron chi connectivity index (χ0n) is 9.68. The standard InChI is InChI=1S/C13H9BrFNO3/c14-11-4-2-1-3-9(11)8-19-13-6-5-10(15)7-12(13)16(17)18/h1-7H,8H2. The summed E-state index contributed by atoms with van der Waals surface area (Å²) in [6, 6.07) is 10.6. The monoisotopic (exact) mass is 325 g/mol. The maximum atomic E-state index is 13.0. The quantitative estimate of drug-likeness (QED) is 0.628. The van der Waals surface area contributed by atoms with Crippen molar-refractivity contribution in [1.82, 2.24) is 0 Å². The van der Waals surface area contributed by atoms with Gasteiger partial charge in [-0.1, -0.05) is 34.1 Å². The van der Waals surface area contributed by atoms with Gasteiger partial charge in [-0.2, -0.15) is 0 Å². The zero-order valence-corrected chi connectivity index (χ0v) is 11.3. The average molecular weight is 326 g/mol. The number of nitrogens with zero attached hydrogens (tertiary/aromatic N) is 1. The maximum Gasteiger partial charge on any atom is 0.313 e. The fourth-order valence-corrected chi connectivity index (χ4v) is 1.93. The molecule has 2 aromatic rings. The molecule has 0 heterocycles. The lowest BCUT2D eigenvalue weighted by Crippen LogP contribution is -2.00. The summed E-state index contributed by atoms with van der Waals surface area (Å²) in [5, 5.41) is 10.8. The first kappa shape index (κ1) is 13.5. The summed E-state index contributed by atoms with van der Waals surface area (Å²) in [7, 11) is 0. The van der Waals surface area contributed by atoms with Crippen molar-refractivity contribution in [2.75, 3.05) is 0 Å². The summed E-state index contributed by atoms with van der Waals surface area (Å²) >= 11 is 3.36. The van der Waals surface area contributed by atoms with Crippen LogP contribution in [-0.4, -0.2) is 4.92 Å². The molecule has 0 aliphatic heterocycles. The lowest BCUT2D eigenvalue weighted by atomic mass is 10.2. The van der Waals surface area contributed by atoms with Crippen LogP contribution in [0.1, 0.15) is 5.56 Å². The van der Waals surface area contributed by atoms with Gasteiger partial charge in [0.2, 0.25) is 0 Å². The number of nitro benzene ring substituents is 1. The molecule has 6 heteroatoms. The van der Waals surface area contributed by atoms with Crippen molar-refractivity contribution in [3.8, 4) is 5.75 Å². The van der Waals surface area contributed by atoms with E-state index in [9.17, 15) is 14.5 Å². The highest BCUT2D eigenvalue weighted by molar-refractivity contribution is 9.10. The van der Waals surface area contributed by atoms with Crippen molar-refractivity contribution in [1.29, 1.82) is 0 Å². The molecule has 0 saturated carbocycles. The Balaban J connectivity index is 2.20. The second-order valence-corrected chi connectivity index (χ2v) is 4.60. The minimum Gasteiger partial charge on any atom is -0.482 e. The van der Waals surface area contributed by atoms with Gasteiger partial charge in [0.1, 0.15) is 12.4 Å². The molecule has 0 amide bonds. The van der Waals surface area contributed by atoms with E-state index in [4.69, 9.17) is 4.74 Å². The number of hydrogen-bond acceptors (Lipinski definition) is 3. The molecule has 0 radical (unpaired) electrons. The summed E-state index contributed by atoms with van der Waals surface area (Å²) in [5.41, 5.74) is 0.466. The molecular formula is C13H9BrFNO3. The summed E-state index contributed by atoms with van der Waals surface area (Å²) in [4.78, 5) is 10.1. The van der Waals surface area contributed by atoms with Crippen LogP contribution in [-0.2, 0) is 6.61 Å². The van der Waals surface area contributed by atoms with Gasteiger partial charge in [-0.05, 0) is 18.2 Å². The van der Waals surface area contributed by atoms with Crippen LogP contribution in [0.4, 0.5) is 10.1 Å². The molecular weight excluding hydrogens is 317 g/mol. The van der Waals surface area contributed by atoms with Gasteiger partial charge in [0.15, 0.2) is 5.75 Å². The number of ether oxygens (including phenoxy) is 1. The molecule has 0 saturated heterocycles. The van der Waals surface area contributed by atoms with E-state index in [-0.39, 0.29) is 18.0 Å². The van der Waals surface area contributed by atoms with Crippen molar-refractivity contribution in [3.05, 3.63) is 68.4 Å². The van der Waals surface area contributed by atoms with Crippen LogP contribution in [0.5, 0.6) is 5.75 Å². The Labute approximate surface area is 117 Å². The first-order valence-electron chi connectivity index (χ1n) is 5.38. The average Bonchev–Trinajstić information content (AvgIpc) is 2.38. The Kier molecular flexibility index (Phi) is 4.11. The summed E-state index contributed by atoms with van der Waals surface area (Å²) in [6.45, 7) is 0.161. The maximum absolute atomic E-state index is 13.0. The summed E-state index contributed by atoms with van der Waals surface area (Å²) in [6.07, 6.45) is 0. The van der Waals surface area contributed by atoms with E-state index >= 15 is 0 Å². The van der Waals surface area contributed by atoms with Gasteiger partial charge < -0.3 is 4.74 Å². The molecule has 19 heavy (non-hydrogen) atoms. The highest BCUT2D eigenvalue weighted by Gasteiger charge is 2.16. The van der Waals surface area contributed by atoms with Crippen LogP contribution in [0.15, 0.2) is 46.9 Å². The fourth-order valence-electron chi connectivity index (χ4n) is 1.53. The molecule has 0 spiro atoms. The normalized spacial score (nSPS) is 10.2. The van der Waals surface area contributed by atoms with E-state index in [1.807, 2.05) is 24.3 Å². The molecule has 0 bridgehead atoms. The van der Waals surface area contributed by atoms with Gasteiger partial charge in [0.05, 0.1) is 11.0 Å². The fraction of sp³-hybridized carbons (Fsp3) is 0.0769. The van der Waals surface area contributed by atoms with E-state index in [2.05, 4.69) is 15.9 Å². The molecule has 2 aromatic carbocycles. The van der Waals surface area contributed by atoms with E-state index in [0.29, 0.717) is 0 Å². The van der Waals surface area contributed by atoms with Crippen LogP contribution in [0.25, 0.3) is 0 Å². The van der Waals surface area contributed by atoms with Gasteiger partial charge in [0.25, 0.3) is 0 Å². The Hall–Kier alpha value is -1.95. The number of hydrogen-bond donors (Lipinski definition) is 0. The van der Waals surface area contributed by atoms with E-state index in [0.717, 1.165) is 22.2 Å². The van der Waals surface area contributed by atoms with Gasteiger partial charge in [-0.15, -0.1) is 0 Å². The molecule has 0 aromatic heterocycles. The van der Waals surface area contributed by atoms with Gasteiger partial charge in [0, 0.05) is 10.0 Å². The van der Waals surface area contributed by atoms with Gasteiger partial charge in [-0.3, -0.25) is 10.1 Å². The molecule has 2 rings (SSSR count). The van der Waals surface area contributed by atoms with Gasteiger partial charge >= 0.3 is 5.69 Å². The highest BCUT2D eigenvalue weighted by Crippen LogP contribution is 2.28. The minimum atomic E-state index is -0.668. The molecule has 0 aliphatic carbocycles.